The molecule has 0 spiro atoms. The number of urea groups is 1. The number of hydrogen-bond acceptors (Lipinski definition) is 6. The van der Waals surface area contributed by atoms with Gasteiger partial charge in [0.05, 0.1) is 0 Å². The summed E-state index contributed by atoms with van der Waals surface area (Å²) in [6.45, 7) is 5.73. The second-order valence-electron chi connectivity index (χ2n) is 9.15. The molecule has 3 heterocycles. The van der Waals surface area contributed by atoms with E-state index >= 15 is 0 Å². The Morgan fingerprint density at radius 1 is 0.889 bits per heavy atom. The Morgan fingerprint density at radius 3 is 2.25 bits per heavy atom. The van der Waals surface area contributed by atoms with Gasteiger partial charge in [0, 0.05) is 38.6 Å². The lowest BCUT2D eigenvalue weighted by Gasteiger charge is -2.35. The molecule has 3 aromatic rings. The first-order valence-electron chi connectivity index (χ1n) is 12.0. The van der Waals surface area contributed by atoms with Crippen LogP contribution in [0.2, 0.25) is 0 Å². The highest BCUT2D eigenvalue weighted by Crippen LogP contribution is 2.36. The number of aromatic nitrogens is 2. The Balaban J connectivity index is 1.37. The van der Waals surface area contributed by atoms with Crippen LogP contribution in [-0.2, 0) is 15.1 Å². The number of imide groups is 1. The predicted octanol–water partition coefficient (Wildman–Crippen LogP) is 2.24. The molecule has 184 valence electrons. The molecule has 36 heavy (non-hydrogen) atoms. The number of anilines is 1. The third kappa shape index (κ3) is 4.06. The summed E-state index contributed by atoms with van der Waals surface area (Å²) in [6.07, 6.45) is 3.37. The van der Waals surface area contributed by atoms with Gasteiger partial charge in [-0.1, -0.05) is 48.5 Å². The van der Waals surface area contributed by atoms with Crippen LogP contribution in [0.4, 0.5) is 10.7 Å². The number of nitrogens with one attached hydrogen (secondary N) is 1. The highest BCUT2D eigenvalue weighted by molar-refractivity contribution is 6.11. The molecule has 2 aliphatic rings. The van der Waals surface area contributed by atoms with E-state index in [-0.39, 0.29) is 12.5 Å². The van der Waals surface area contributed by atoms with Crippen molar-refractivity contribution in [3.8, 4) is 0 Å². The van der Waals surface area contributed by atoms with Gasteiger partial charge in [0.1, 0.15) is 6.54 Å². The van der Waals surface area contributed by atoms with E-state index in [9.17, 15) is 14.4 Å². The van der Waals surface area contributed by atoms with Crippen LogP contribution in [0.3, 0.4) is 0 Å². The summed E-state index contributed by atoms with van der Waals surface area (Å²) in [7, 11) is 0. The quantitative estimate of drug-likeness (QED) is 0.558. The Labute approximate surface area is 209 Å². The second-order valence-corrected chi connectivity index (χ2v) is 9.15. The van der Waals surface area contributed by atoms with Crippen molar-refractivity contribution in [1.29, 1.82) is 0 Å². The van der Waals surface area contributed by atoms with Gasteiger partial charge in [-0.25, -0.2) is 14.8 Å². The summed E-state index contributed by atoms with van der Waals surface area (Å²) in [5.41, 5.74) is 2.03. The molecule has 5 rings (SSSR count). The standard InChI is InChI=1S/C27H28N6O3/c1-19-9-10-22(17-20(19)2)27(21-7-4-3-5-8-21)24(35)33(26(36)30-27)18-23(34)31-13-15-32(16-14-31)25-28-11-6-12-29-25/h3-12,17H,13-16,18H2,1-2H3,(H,30,36)/t27-/m1/s1. The van der Waals surface area contributed by atoms with Crippen molar-refractivity contribution < 1.29 is 14.4 Å². The Morgan fingerprint density at radius 2 is 1.58 bits per heavy atom. The molecule has 1 atom stereocenters. The third-order valence-electron chi connectivity index (χ3n) is 7.01. The van der Waals surface area contributed by atoms with Crippen LogP contribution in [0.5, 0.6) is 0 Å². The maximum absolute atomic E-state index is 13.9. The minimum absolute atomic E-state index is 0.268. The van der Waals surface area contributed by atoms with Crippen molar-refractivity contribution in [1.82, 2.24) is 25.1 Å². The monoisotopic (exact) mass is 484 g/mol. The van der Waals surface area contributed by atoms with Crippen molar-refractivity contribution in [2.45, 2.75) is 19.4 Å². The highest BCUT2D eigenvalue weighted by Gasteiger charge is 2.54. The first kappa shape index (κ1) is 23.5. The molecule has 0 bridgehead atoms. The summed E-state index contributed by atoms with van der Waals surface area (Å²) < 4.78 is 0. The minimum atomic E-state index is -1.39. The van der Waals surface area contributed by atoms with Gasteiger partial charge in [-0.15, -0.1) is 0 Å². The molecule has 0 radical (unpaired) electrons. The SMILES string of the molecule is Cc1ccc([C@@]2(c3ccccc3)NC(=O)N(CC(=O)N3CCN(c4ncccn4)CC3)C2=O)cc1C. The van der Waals surface area contributed by atoms with Crippen LogP contribution in [-0.4, -0.2) is 70.3 Å². The van der Waals surface area contributed by atoms with Crippen LogP contribution in [0, 0.1) is 13.8 Å². The molecule has 2 fully saturated rings. The van der Waals surface area contributed by atoms with E-state index in [1.165, 1.54) is 0 Å². The maximum atomic E-state index is 13.9. The number of rotatable bonds is 5. The van der Waals surface area contributed by atoms with E-state index in [0.29, 0.717) is 43.3 Å². The average Bonchev–Trinajstić information content (AvgIpc) is 3.17. The van der Waals surface area contributed by atoms with Crippen LogP contribution >= 0.6 is 0 Å². The van der Waals surface area contributed by atoms with Crippen molar-refractivity contribution in [3.05, 3.63) is 89.2 Å². The molecule has 0 saturated carbocycles. The summed E-state index contributed by atoms with van der Waals surface area (Å²) in [5.74, 6) is -0.0950. The Hall–Kier alpha value is -4.27. The molecule has 2 aromatic carbocycles. The predicted molar refractivity (Wildman–Crippen MR) is 134 cm³/mol. The molecule has 0 aliphatic carbocycles. The zero-order chi connectivity index (χ0) is 25.3. The largest absolute Gasteiger partial charge is 0.338 e. The van der Waals surface area contributed by atoms with Gasteiger partial charge < -0.3 is 15.1 Å². The highest BCUT2D eigenvalue weighted by atomic mass is 16.2. The molecule has 4 amide bonds. The molecule has 1 N–H and O–H groups in total. The molecule has 2 aliphatic heterocycles. The molecular weight excluding hydrogens is 456 g/mol. The number of carbonyl (C=O) groups excluding carboxylic acids is 3. The summed E-state index contributed by atoms with van der Waals surface area (Å²) >= 11 is 0. The van der Waals surface area contributed by atoms with E-state index in [4.69, 9.17) is 0 Å². The molecule has 2 saturated heterocycles. The van der Waals surface area contributed by atoms with Crippen LogP contribution in [0.25, 0.3) is 0 Å². The van der Waals surface area contributed by atoms with E-state index in [2.05, 4.69) is 15.3 Å². The lowest BCUT2D eigenvalue weighted by Crippen LogP contribution is -2.52. The van der Waals surface area contributed by atoms with Gasteiger partial charge in [-0.3, -0.25) is 14.5 Å². The minimum Gasteiger partial charge on any atom is -0.338 e. The Bertz CT molecular complexity index is 1290. The summed E-state index contributed by atoms with van der Waals surface area (Å²) in [6, 6.07) is 16.1. The number of piperazine rings is 1. The normalized spacial score (nSPS) is 20.0. The molecular formula is C27H28N6O3. The number of carbonyl (C=O) groups is 3. The zero-order valence-electron chi connectivity index (χ0n) is 20.3. The smallest absolute Gasteiger partial charge is 0.326 e. The lowest BCUT2D eigenvalue weighted by molar-refractivity contribution is -0.138. The molecule has 9 heteroatoms. The first-order chi connectivity index (χ1) is 17.4. The van der Waals surface area contributed by atoms with Gasteiger partial charge in [0.2, 0.25) is 11.9 Å². The number of hydrogen-bond donors (Lipinski definition) is 1. The number of aryl methyl sites for hydroxylation is 2. The fraction of sp³-hybridized carbons (Fsp3) is 0.296. The van der Waals surface area contributed by atoms with Crippen molar-refractivity contribution >= 4 is 23.8 Å². The topological polar surface area (TPSA) is 98.7 Å². The number of nitrogens with zero attached hydrogens (tertiary/aromatic N) is 5. The van der Waals surface area contributed by atoms with Crippen LogP contribution in [0.1, 0.15) is 22.3 Å². The van der Waals surface area contributed by atoms with E-state index in [0.717, 1.165) is 16.0 Å². The second kappa shape index (κ2) is 9.41. The zero-order valence-corrected chi connectivity index (χ0v) is 20.3. The van der Waals surface area contributed by atoms with Gasteiger partial charge in [0.25, 0.3) is 5.91 Å². The number of amides is 4. The van der Waals surface area contributed by atoms with Crippen molar-refractivity contribution in [3.63, 3.8) is 0 Å². The van der Waals surface area contributed by atoms with Crippen LogP contribution in [0.15, 0.2) is 67.0 Å². The Kier molecular flexibility index (Phi) is 6.13. The third-order valence-corrected chi connectivity index (χ3v) is 7.01. The summed E-state index contributed by atoms with van der Waals surface area (Å²) in [4.78, 5) is 53.5. The molecule has 0 unspecified atom stereocenters. The fourth-order valence-corrected chi connectivity index (χ4v) is 4.79. The van der Waals surface area contributed by atoms with Gasteiger partial charge in [-0.05, 0) is 42.2 Å². The van der Waals surface area contributed by atoms with Crippen LogP contribution < -0.4 is 10.2 Å². The lowest BCUT2D eigenvalue weighted by atomic mass is 9.81. The maximum Gasteiger partial charge on any atom is 0.326 e. The van der Waals surface area contributed by atoms with E-state index in [1.807, 2.05) is 67.3 Å². The fourth-order valence-electron chi connectivity index (χ4n) is 4.79. The molecule has 1 aromatic heterocycles. The van der Waals surface area contributed by atoms with E-state index < -0.39 is 17.5 Å². The first-order valence-corrected chi connectivity index (χ1v) is 12.0. The van der Waals surface area contributed by atoms with Gasteiger partial charge >= 0.3 is 6.03 Å². The molecule has 9 nitrogen and oxygen atoms in total. The van der Waals surface area contributed by atoms with Crippen molar-refractivity contribution in [2.24, 2.45) is 0 Å². The summed E-state index contributed by atoms with van der Waals surface area (Å²) in [5, 5.41) is 2.93. The van der Waals surface area contributed by atoms with Crippen molar-refractivity contribution in [2.75, 3.05) is 37.6 Å². The average molecular weight is 485 g/mol. The van der Waals surface area contributed by atoms with Gasteiger partial charge in [-0.2, -0.15) is 0 Å². The number of benzene rings is 2. The van der Waals surface area contributed by atoms with Gasteiger partial charge in [0.15, 0.2) is 5.54 Å². The van der Waals surface area contributed by atoms with E-state index in [1.54, 1.807) is 23.4 Å².